The van der Waals surface area contributed by atoms with E-state index in [9.17, 15) is 26.3 Å². The molecule has 29 heteroatoms. The highest BCUT2D eigenvalue weighted by Gasteiger charge is 2.34. The standard InChI is InChI=1S/C14H13F3N2O.C13H13ClN2.C12H11ClN2.C11H9ClN2.C11H7F3N2O.C11H7N3.C11H10N2.C10H7ClN2/c1-9(2)13(11(7-18)8-19)10-3-5-12(6-4-10)20-14(15,16)17;1-9(2)13(11(7-15)8-16)10-3-5-12(14)6-4-10;1-12(2,10(7-14)8-15)9-3-5-11(13)6-4-9;1-8(10(6-13)7-14)9-2-4-11(12)5-3-9;12-11(13,14)17-10-3-1-8(2-4-10)5-9(6-15)7-16;1-14-11-4-2-9(3-5-11)6-10(7-12)8-13;1-9-2-4-10(5-3-9)6-11(7-12)8-13;11-10-3-1-8(2-4-10)5-9(6-12)7-13/h3-6,9,11,13H,1-2H3;3-6,9,11,13H,1-2H3;3-6,10H,1-2H3;2-5,8,10H,1H3;1-4,9H,5H2;2-5,10H,6H2;2-5,11H,6H2,1H3;1-4,9H,5H2. The molecule has 0 bridgehead atoms. The number of benzene rings is 8. The molecule has 0 aliphatic carbocycles. The van der Waals surface area contributed by atoms with Crippen LogP contribution in [-0.4, -0.2) is 12.7 Å². The lowest BCUT2D eigenvalue weighted by atomic mass is 9.75. The number of halogens is 10. The SMILES string of the molecule is CC(C)(c1ccc(Cl)cc1)C(C#N)C#N.CC(C)C(c1ccc(Cl)cc1)C(C#N)C#N.CC(C)C(c1ccc(OC(F)(F)F)cc1)C(C#N)C#N.CC(c1ccc(Cl)cc1)C(C#N)C#N.Cc1ccc(CC(C#N)C#N)cc1.N#CC(C#N)Cc1ccc(Cl)cc1.N#CC(C#N)Cc1ccc(OC(F)(F)F)cc1.[C-]#[N+]c1ccc(CC(C#N)C#N)cc1. The van der Waals surface area contributed by atoms with E-state index in [4.69, 9.17) is 137 Å². The van der Waals surface area contributed by atoms with Crippen LogP contribution in [0.4, 0.5) is 32.0 Å². The van der Waals surface area contributed by atoms with Gasteiger partial charge in [-0.15, -0.1) is 26.3 Å². The Morgan fingerprint density at radius 3 is 0.836 bits per heavy atom. The summed E-state index contributed by atoms with van der Waals surface area (Å²) >= 11 is 23.0. The van der Waals surface area contributed by atoms with Crippen LogP contribution in [0.3, 0.4) is 0 Å². The van der Waals surface area contributed by atoms with Crippen molar-refractivity contribution in [3.63, 3.8) is 0 Å². The van der Waals surface area contributed by atoms with Crippen molar-refractivity contribution in [3.05, 3.63) is 276 Å². The molecule has 0 saturated carbocycles. The highest BCUT2D eigenvalue weighted by Crippen LogP contribution is 2.36. The van der Waals surface area contributed by atoms with Crippen molar-refractivity contribution in [3.8, 4) is 109 Å². The van der Waals surface area contributed by atoms with E-state index in [0.717, 1.165) is 45.5 Å². The molecule has 3 unspecified atom stereocenters. The molecule has 19 nitrogen and oxygen atoms in total. The molecular weight excluding hydrogens is 1640 g/mol. The second-order valence-electron chi connectivity index (χ2n) is 27.3. The molecular formula is C93H77Cl4F6N17O2. The lowest BCUT2D eigenvalue weighted by Crippen LogP contribution is -2.26. The van der Waals surface area contributed by atoms with E-state index in [1.807, 2.05) is 201 Å². The largest absolute Gasteiger partial charge is 0.573 e. The predicted octanol–water partition coefficient (Wildman–Crippen LogP) is 24.1. The summed E-state index contributed by atoms with van der Waals surface area (Å²) in [6.07, 6.45) is -7.87. The molecule has 0 aromatic heterocycles. The van der Waals surface area contributed by atoms with E-state index in [1.165, 1.54) is 42.0 Å². The van der Waals surface area contributed by atoms with Gasteiger partial charge in [0.2, 0.25) is 0 Å². The maximum atomic E-state index is 12.1. The predicted molar refractivity (Wildman–Crippen MR) is 445 cm³/mol. The maximum Gasteiger partial charge on any atom is 0.573 e. The Morgan fingerprint density at radius 2 is 0.574 bits per heavy atom. The Labute approximate surface area is 728 Å². The topological polar surface area (TPSA) is 403 Å². The zero-order valence-electron chi connectivity index (χ0n) is 67.0. The smallest absolute Gasteiger partial charge is 0.406 e. The molecule has 8 aromatic carbocycles. The molecule has 0 fully saturated rings. The van der Waals surface area contributed by atoms with Crippen LogP contribution in [0.1, 0.15) is 116 Å². The quantitative estimate of drug-likeness (QED) is 0.0505. The van der Waals surface area contributed by atoms with Crippen molar-refractivity contribution in [2.24, 2.45) is 59.2 Å². The third-order valence-corrected chi connectivity index (χ3v) is 18.5. The van der Waals surface area contributed by atoms with Gasteiger partial charge in [0.05, 0.1) is 104 Å². The molecule has 8 rings (SSSR count). The van der Waals surface area contributed by atoms with Gasteiger partial charge < -0.3 is 9.47 Å². The Balaban J connectivity index is 0.000000700. The van der Waals surface area contributed by atoms with Crippen LogP contribution in [0.5, 0.6) is 11.5 Å². The molecule has 0 radical (unpaired) electrons. The zero-order chi connectivity index (χ0) is 92.1. The molecule has 3 atom stereocenters. The van der Waals surface area contributed by atoms with Crippen molar-refractivity contribution in [1.29, 1.82) is 84.2 Å². The summed E-state index contributed by atoms with van der Waals surface area (Å²) in [7, 11) is 0. The van der Waals surface area contributed by atoms with Gasteiger partial charge in [-0.25, -0.2) is 4.85 Å². The van der Waals surface area contributed by atoms with Gasteiger partial charge in [-0.05, 0) is 136 Å². The highest BCUT2D eigenvalue weighted by molar-refractivity contribution is 6.31. The first-order chi connectivity index (χ1) is 57.8. The summed E-state index contributed by atoms with van der Waals surface area (Å²) in [6, 6.07) is 85.1. The van der Waals surface area contributed by atoms with Crippen LogP contribution in [-0.2, 0) is 31.1 Å². The van der Waals surface area contributed by atoms with Crippen LogP contribution >= 0.6 is 46.4 Å². The molecule has 0 spiro atoms. The Bertz CT molecular complexity index is 5200. The molecule has 0 N–H and O–H groups in total. The van der Waals surface area contributed by atoms with E-state index in [2.05, 4.69) is 26.5 Å². The van der Waals surface area contributed by atoms with Crippen molar-refractivity contribution < 1.29 is 35.8 Å². The third kappa shape index (κ3) is 40.1. The molecule has 0 heterocycles. The second kappa shape index (κ2) is 55.9. The van der Waals surface area contributed by atoms with E-state index >= 15 is 0 Å². The van der Waals surface area contributed by atoms with E-state index in [1.54, 1.807) is 84.9 Å². The fourth-order valence-corrected chi connectivity index (χ4v) is 11.3. The van der Waals surface area contributed by atoms with Crippen molar-refractivity contribution in [2.45, 2.75) is 117 Å². The van der Waals surface area contributed by atoms with Gasteiger partial charge in [0.25, 0.3) is 0 Å². The number of alkyl halides is 6. The van der Waals surface area contributed by atoms with Gasteiger partial charge in [0, 0.05) is 68.9 Å². The number of hydrogen-bond donors (Lipinski definition) is 0. The summed E-state index contributed by atoms with van der Waals surface area (Å²) < 4.78 is 79.2. The van der Waals surface area contributed by atoms with Crippen LogP contribution in [0, 0.1) is 254 Å². The number of aryl methyl sites for hydroxylation is 1. The minimum absolute atomic E-state index is 0.00804. The normalized spacial score (nSPS) is 10.8. The second-order valence-corrected chi connectivity index (χ2v) is 29.1. The first kappa shape index (κ1) is 105. The highest BCUT2D eigenvalue weighted by atomic mass is 35.5. The summed E-state index contributed by atoms with van der Waals surface area (Å²) in [6.45, 7) is 22.1. The molecule has 0 amide bonds. The molecule has 0 aliphatic heterocycles. The van der Waals surface area contributed by atoms with Crippen LogP contribution in [0.2, 0.25) is 20.1 Å². The molecule has 0 saturated heterocycles. The van der Waals surface area contributed by atoms with Crippen LogP contribution in [0.15, 0.2) is 194 Å². The third-order valence-electron chi connectivity index (χ3n) is 17.5. The molecule has 616 valence electrons. The van der Waals surface area contributed by atoms with Gasteiger partial charge >= 0.3 is 12.7 Å². The maximum absolute atomic E-state index is 12.1. The number of ether oxygens (including phenoxy) is 2. The average Bonchev–Trinajstić information content (AvgIpc) is 0.791. The van der Waals surface area contributed by atoms with Gasteiger partial charge in [-0.2, -0.15) is 84.2 Å². The summed E-state index contributed by atoms with van der Waals surface area (Å²) in [5.41, 5.74) is 8.33. The number of rotatable bonds is 20. The van der Waals surface area contributed by atoms with Crippen molar-refractivity contribution >= 4 is 52.1 Å². The van der Waals surface area contributed by atoms with Crippen molar-refractivity contribution in [2.75, 3.05) is 0 Å². The first-order valence-electron chi connectivity index (χ1n) is 36.4. The average molecular weight is 1720 g/mol. The Kier molecular flexibility index (Phi) is 48.3. The van der Waals surface area contributed by atoms with Gasteiger partial charge in [-0.1, -0.05) is 222 Å². The molecule has 0 aliphatic rings. The van der Waals surface area contributed by atoms with Crippen molar-refractivity contribution in [1.82, 2.24) is 0 Å². The van der Waals surface area contributed by atoms with Crippen LogP contribution in [0.25, 0.3) is 4.85 Å². The van der Waals surface area contributed by atoms with Gasteiger partial charge in [0.15, 0.2) is 5.69 Å². The molecule has 122 heavy (non-hydrogen) atoms. The number of nitriles is 16. The van der Waals surface area contributed by atoms with Crippen LogP contribution < -0.4 is 9.47 Å². The minimum Gasteiger partial charge on any atom is -0.406 e. The lowest BCUT2D eigenvalue weighted by molar-refractivity contribution is -0.275. The monoisotopic (exact) mass is 1720 g/mol. The molecule has 8 aromatic rings. The number of hydrogen-bond acceptors (Lipinski definition) is 18. The first-order valence-corrected chi connectivity index (χ1v) is 37.9. The van der Waals surface area contributed by atoms with E-state index in [-0.39, 0.29) is 47.5 Å². The van der Waals surface area contributed by atoms with E-state index < -0.39 is 65.5 Å². The Hall–Kier alpha value is -14.6. The Morgan fingerprint density at radius 1 is 0.328 bits per heavy atom. The van der Waals surface area contributed by atoms with Gasteiger partial charge in [-0.3, -0.25) is 0 Å². The fraction of sp³-hybridized carbons (Fsp3) is 0.301. The lowest BCUT2D eigenvalue weighted by Gasteiger charge is -2.25. The number of nitrogens with zero attached hydrogens (tertiary/aromatic N) is 17. The summed E-state index contributed by atoms with van der Waals surface area (Å²) in [5, 5.41) is 142. The van der Waals surface area contributed by atoms with E-state index in [0.29, 0.717) is 56.2 Å². The van der Waals surface area contributed by atoms with Gasteiger partial charge in [0.1, 0.15) is 58.8 Å². The minimum atomic E-state index is -4.74. The summed E-state index contributed by atoms with van der Waals surface area (Å²) in [5.74, 6) is -6.11. The fourth-order valence-electron chi connectivity index (χ4n) is 10.8. The zero-order valence-corrected chi connectivity index (χ0v) is 70.0. The summed E-state index contributed by atoms with van der Waals surface area (Å²) in [4.78, 5) is 3.25.